The van der Waals surface area contributed by atoms with Crippen LogP contribution in [0.1, 0.15) is 12.8 Å². The van der Waals surface area contributed by atoms with Crippen LogP contribution < -0.4 is 5.32 Å². The lowest BCUT2D eigenvalue weighted by Crippen LogP contribution is -2.27. The topological polar surface area (TPSA) is 55.4 Å². The number of carbonyl (C=O) groups is 2. The highest BCUT2D eigenvalue weighted by Crippen LogP contribution is 2.43. The fourth-order valence-corrected chi connectivity index (χ4v) is 3.19. The first kappa shape index (κ1) is 17.4. The molecule has 0 heterocycles. The van der Waals surface area contributed by atoms with E-state index in [-0.39, 0.29) is 5.92 Å². The summed E-state index contributed by atoms with van der Waals surface area (Å²) in [5.74, 6) is -12.9. The third kappa shape index (κ3) is 3.10. The van der Waals surface area contributed by atoms with E-state index >= 15 is 0 Å². The van der Waals surface area contributed by atoms with Gasteiger partial charge >= 0.3 is 5.97 Å². The average molecular weight is 361 g/mol. The molecular weight excluding hydrogens is 349 g/mol. The van der Waals surface area contributed by atoms with Crippen molar-refractivity contribution in [2.75, 3.05) is 11.9 Å². The van der Waals surface area contributed by atoms with Crippen LogP contribution in [0.15, 0.2) is 12.2 Å². The smallest absolute Gasteiger partial charge is 0.310 e. The Balaban J connectivity index is 1.62. The molecule has 4 nitrogen and oxygen atoms in total. The molecule has 9 heteroatoms. The van der Waals surface area contributed by atoms with Crippen molar-refractivity contribution >= 4 is 17.6 Å². The second-order valence-electron chi connectivity index (χ2n) is 5.99. The van der Waals surface area contributed by atoms with E-state index in [0.717, 1.165) is 6.42 Å². The summed E-state index contributed by atoms with van der Waals surface area (Å²) < 4.78 is 70.7. The highest BCUT2D eigenvalue weighted by Gasteiger charge is 2.40. The van der Waals surface area contributed by atoms with Crippen molar-refractivity contribution in [2.24, 2.45) is 17.8 Å². The Bertz CT molecular complexity index is 751. The lowest BCUT2D eigenvalue weighted by atomic mass is 9.94. The number of allylic oxidation sites excluding steroid dienone is 2. The van der Waals surface area contributed by atoms with Gasteiger partial charge in [0.15, 0.2) is 29.9 Å². The Labute approximate surface area is 138 Å². The van der Waals surface area contributed by atoms with Crippen molar-refractivity contribution < 1.29 is 36.3 Å². The minimum atomic E-state index is -2.33. The van der Waals surface area contributed by atoms with E-state index in [0.29, 0.717) is 12.3 Å². The van der Waals surface area contributed by atoms with Gasteiger partial charge in [-0.05, 0) is 24.7 Å². The van der Waals surface area contributed by atoms with E-state index in [1.165, 1.54) is 0 Å². The Morgan fingerprint density at radius 1 is 0.960 bits per heavy atom. The predicted molar refractivity (Wildman–Crippen MR) is 74.7 cm³/mol. The molecule has 1 fully saturated rings. The van der Waals surface area contributed by atoms with Crippen molar-refractivity contribution in [2.45, 2.75) is 12.8 Å². The van der Waals surface area contributed by atoms with E-state index in [1.54, 1.807) is 5.32 Å². The molecule has 1 aromatic carbocycles. The number of hydrogen-bond donors (Lipinski definition) is 1. The Morgan fingerprint density at radius 3 is 2.08 bits per heavy atom. The van der Waals surface area contributed by atoms with Gasteiger partial charge in [0.25, 0.3) is 5.91 Å². The standard InChI is InChI=1S/C16H12F5NO3/c17-10-11(18)13(20)15(14(21)12(10)19)22-9(23)5-25-16(24)8-4-6-1-2-7(8)3-6/h1-2,6-8H,3-5H2,(H,22,23). The molecule has 1 saturated carbocycles. The van der Waals surface area contributed by atoms with E-state index in [4.69, 9.17) is 4.74 Å². The molecule has 2 aliphatic carbocycles. The van der Waals surface area contributed by atoms with Gasteiger partial charge in [-0.1, -0.05) is 12.2 Å². The number of esters is 1. The molecule has 2 bridgehead atoms. The lowest BCUT2D eigenvalue weighted by Gasteiger charge is -2.16. The van der Waals surface area contributed by atoms with Crippen molar-refractivity contribution in [1.82, 2.24) is 0 Å². The van der Waals surface area contributed by atoms with Gasteiger partial charge in [-0.2, -0.15) is 0 Å². The molecule has 25 heavy (non-hydrogen) atoms. The number of fused-ring (bicyclic) bond motifs is 2. The Kier molecular flexibility index (Phi) is 4.49. The van der Waals surface area contributed by atoms with Crippen molar-refractivity contribution in [3.63, 3.8) is 0 Å². The van der Waals surface area contributed by atoms with Crippen LogP contribution >= 0.6 is 0 Å². The van der Waals surface area contributed by atoms with Crippen molar-refractivity contribution in [1.29, 1.82) is 0 Å². The zero-order valence-corrected chi connectivity index (χ0v) is 12.6. The van der Waals surface area contributed by atoms with Crippen LogP contribution in [0.2, 0.25) is 0 Å². The summed E-state index contributed by atoms with van der Waals surface area (Å²) in [5.41, 5.74) is -1.49. The molecule has 0 spiro atoms. The Hall–Kier alpha value is -2.45. The Morgan fingerprint density at radius 2 is 1.56 bits per heavy atom. The highest BCUT2D eigenvalue weighted by molar-refractivity contribution is 5.93. The quantitative estimate of drug-likeness (QED) is 0.295. The number of ether oxygens (including phenoxy) is 1. The largest absolute Gasteiger partial charge is 0.455 e. The number of hydrogen-bond acceptors (Lipinski definition) is 3. The fraction of sp³-hybridized carbons (Fsp3) is 0.375. The van der Waals surface area contributed by atoms with E-state index in [1.807, 2.05) is 12.2 Å². The molecule has 1 N–H and O–H groups in total. The van der Waals surface area contributed by atoms with E-state index in [9.17, 15) is 31.5 Å². The summed E-state index contributed by atoms with van der Waals surface area (Å²) in [6, 6.07) is 0. The normalized spacial score (nSPS) is 23.8. The predicted octanol–water partition coefficient (Wildman–Crippen LogP) is 3.08. The summed E-state index contributed by atoms with van der Waals surface area (Å²) in [6.07, 6.45) is 5.33. The maximum absolute atomic E-state index is 13.5. The van der Waals surface area contributed by atoms with E-state index < -0.39 is 59.2 Å². The maximum atomic E-state index is 13.5. The zero-order chi connectivity index (χ0) is 18.3. The van der Waals surface area contributed by atoms with Gasteiger partial charge in [0.1, 0.15) is 5.69 Å². The average Bonchev–Trinajstić information content (AvgIpc) is 3.23. The minimum absolute atomic E-state index is 0.0377. The molecule has 0 radical (unpaired) electrons. The number of nitrogens with one attached hydrogen (secondary N) is 1. The first-order valence-electron chi connectivity index (χ1n) is 7.45. The van der Waals surface area contributed by atoms with Gasteiger partial charge in [-0.25, -0.2) is 22.0 Å². The molecule has 2 aliphatic rings. The molecule has 3 unspecified atom stereocenters. The van der Waals surface area contributed by atoms with Gasteiger partial charge in [0.2, 0.25) is 5.82 Å². The maximum Gasteiger partial charge on any atom is 0.310 e. The summed E-state index contributed by atoms with van der Waals surface area (Å²) in [4.78, 5) is 23.6. The molecule has 134 valence electrons. The van der Waals surface area contributed by atoms with Gasteiger partial charge in [-0.15, -0.1) is 0 Å². The molecular formula is C16H12F5NO3. The van der Waals surface area contributed by atoms with Gasteiger partial charge < -0.3 is 10.1 Å². The number of halogens is 5. The molecule has 0 aliphatic heterocycles. The number of amides is 1. The van der Waals surface area contributed by atoms with Gasteiger partial charge in [-0.3, -0.25) is 9.59 Å². The van der Waals surface area contributed by atoms with Crippen molar-refractivity contribution in [3.8, 4) is 0 Å². The summed E-state index contributed by atoms with van der Waals surface area (Å²) in [7, 11) is 0. The monoisotopic (exact) mass is 361 g/mol. The number of benzene rings is 1. The van der Waals surface area contributed by atoms with Crippen LogP contribution in [0, 0.1) is 46.8 Å². The van der Waals surface area contributed by atoms with Crippen molar-refractivity contribution in [3.05, 3.63) is 41.2 Å². The van der Waals surface area contributed by atoms with Crippen LogP contribution in [-0.2, 0) is 14.3 Å². The molecule has 1 amide bonds. The molecule has 0 saturated heterocycles. The lowest BCUT2D eigenvalue weighted by molar-refractivity contribution is -0.152. The molecule has 3 atom stereocenters. The molecule has 1 aromatic rings. The van der Waals surface area contributed by atoms with Crippen LogP contribution in [0.5, 0.6) is 0 Å². The van der Waals surface area contributed by atoms with Crippen LogP contribution in [0.25, 0.3) is 0 Å². The fourth-order valence-electron chi connectivity index (χ4n) is 3.19. The van der Waals surface area contributed by atoms with Crippen LogP contribution in [0.4, 0.5) is 27.6 Å². The van der Waals surface area contributed by atoms with Gasteiger partial charge in [0, 0.05) is 0 Å². The number of carbonyl (C=O) groups excluding carboxylic acids is 2. The molecule has 0 aromatic heterocycles. The summed E-state index contributed by atoms with van der Waals surface area (Å²) in [5, 5.41) is 1.54. The first-order chi connectivity index (χ1) is 11.8. The first-order valence-corrected chi connectivity index (χ1v) is 7.45. The minimum Gasteiger partial charge on any atom is -0.455 e. The molecule has 3 rings (SSSR count). The number of rotatable bonds is 4. The van der Waals surface area contributed by atoms with Gasteiger partial charge in [0.05, 0.1) is 5.92 Å². The SMILES string of the molecule is O=C(COC(=O)C1CC2C=CC1C2)Nc1c(F)c(F)c(F)c(F)c1F. The highest BCUT2D eigenvalue weighted by atomic mass is 19.2. The number of anilines is 1. The third-order valence-electron chi connectivity index (χ3n) is 4.40. The second kappa shape index (κ2) is 6.45. The van der Waals surface area contributed by atoms with Crippen LogP contribution in [0.3, 0.4) is 0 Å². The summed E-state index contributed by atoms with van der Waals surface area (Å²) in [6.45, 7) is -0.893. The van der Waals surface area contributed by atoms with E-state index in [2.05, 4.69) is 0 Å². The summed E-state index contributed by atoms with van der Waals surface area (Å²) >= 11 is 0. The van der Waals surface area contributed by atoms with Crippen LogP contribution in [-0.4, -0.2) is 18.5 Å². The zero-order valence-electron chi connectivity index (χ0n) is 12.6. The third-order valence-corrected chi connectivity index (χ3v) is 4.40. The second-order valence-corrected chi connectivity index (χ2v) is 5.99.